The largest absolute Gasteiger partial charge is 1.00 e. The minimum atomic E-state index is -4.89. The molecular weight excluding hydrogens is 280 g/mol. The Hall–Kier alpha value is -0.670. The summed E-state index contributed by atoms with van der Waals surface area (Å²) >= 11 is 0. The molecule has 1 rings (SSSR count). The number of non-ortho nitro benzene ring substituents is 1. The second-order valence-electron chi connectivity index (χ2n) is 2.60. The van der Waals surface area contributed by atoms with Gasteiger partial charge in [-0.25, -0.2) is 0 Å². The molecule has 0 fully saturated rings. The molecule has 0 saturated heterocycles. The van der Waals surface area contributed by atoms with Crippen LogP contribution in [0.3, 0.4) is 0 Å². The van der Waals surface area contributed by atoms with Gasteiger partial charge < -0.3 is 24.5 Å². The van der Waals surface area contributed by atoms with Crippen LogP contribution in [-0.4, -0.2) is 26.9 Å². The topological polar surface area (TPSA) is 153 Å². The molecule has 0 bridgehead atoms. The van der Waals surface area contributed by atoms with E-state index in [4.69, 9.17) is 29.1 Å². The normalized spacial score (nSPS) is 9.56. The van der Waals surface area contributed by atoms with E-state index in [0.717, 1.165) is 6.07 Å². The molecule has 0 aliphatic heterocycles. The Labute approximate surface area is 124 Å². The first kappa shape index (κ1) is 19.7. The first-order valence-corrected chi connectivity index (χ1v) is 5.46. The van der Waals surface area contributed by atoms with Gasteiger partial charge in [0.25, 0.3) is 13.5 Å². The summed E-state index contributed by atoms with van der Waals surface area (Å²) in [5.74, 6) is -0.00713. The Bertz CT molecular complexity index is 439. The van der Waals surface area contributed by atoms with E-state index in [1.165, 1.54) is 19.2 Å². The van der Waals surface area contributed by atoms with Crippen molar-refractivity contribution in [2.75, 3.05) is 7.11 Å². The maximum absolute atomic E-state index is 10.2. The van der Waals surface area contributed by atoms with Gasteiger partial charge in [-0.2, -0.15) is 0 Å². The number of nitrogens with zero attached hydrogens (tertiary/aromatic N) is 1. The van der Waals surface area contributed by atoms with E-state index in [-0.39, 0.29) is 46.7 Å². The van der Waals surface area contributed by atoms with Gasteiger partial charge in [0.15, 0.2) is 11.5 Å². The SMILES string of the molecule is COc1ccc([N+](=O)[O-])cc1O.O=P([O-])(O)O.[Na+]. The summed E-state index contributed by atoms with van der Waals surface area (Å²) in [5.41, 5.74) is -0.159. The number of ether oxygens (including phenoxy) is 1. The smallest absolute Gasteiger partial charge is 0.756 e. The van der Waals surface area contributed by atoms with Crippen LogP contribution in [0.1, 0.15) is 0 Å². The number of hydrogen-bond acceptors (Lipinski definition) is 6. The number of aromatic hydroxyl groups is 1. The number of hydrogen-bond donors (Lipinski definition) is 3. The van der Waals surface area contributed by atoms with Crippen molar-refractivity contribution >= 4 is 13.5 Å². The van der Waals surface area contributed by atoms with Crippen LogP contribution in [-0.2, 0) is 4.57 Å². The molecule has 0 aromatic heterocycles. The Kier molecular flexibility index (Phi) is 9.22. The van der Waals surface area contributed by atoms with Gasteiger partial charge in [0.05, 0.1) is 18.1 Å². The Morgan fingerprint density at radius 1 is 1.39 bits per heavy atom. The van der Waals surface area contributed by atoms with E-state index < -0.39 is 12.7 Å². The second kappa shape index (κ2) is 8.44. The molecule has 9 nitrogen and oxygen atoms in total. The van der Waals surface area contributed by atoms with Crippen molar-refractivity contribution in [3.8, 4) is 11.5 Å². The van der Waals surface area contributed by atoms with Crippen molar-refractivity contribution in [2.24, 2.45) is 0 Å². The van der Waals surface area contributed by atoms with Gasteiger partial charge in [-0.1, -0.05) is 0 Å². The molecule has 0 aliphatic rings. The number of nitro groups is 1. The van der Waals surface area contributed by atoms with Gasteiger partial charge in [-0.3, -0.25) is 14.7 Å². The predicted octanol–water partition coefficient (Wildman–Crippen LogP) is -3.25. The number of phenols is 1. The maximum atomic E-state index is 10.2. The quantitative estimate of drug-likeness (QED) is 0.222. The zero-order valence-corrected chi connectivity index (χ0v) is 12.4. The van der Waals surface area contributed by atoms with Crippen molar-refractivity contribution < 1.29 is 63.6 Å². The third-order valence-electron chi connectivity index (χ3n) is 1.37. The molecule has 18 heavy (non-hydrogen) atoms. The average Bonchev–Trinajstić information content (AvgIpc) is 2.14. The van der Waals surface area contributed by atoms with E-state index in [1.807, 2.05) is 0 Å². The summed E-state index contributed by atoms with van der Waals surface area (Å²) in [6, 6.07) is 3.64. The number of methoxy groups -OCH3 is 1. The number of nitro benzene ring substituents is 1. The molecule has 1 aromatic rings. The molecule has 0 unspecified atom stereocenters. The molecule has 0 saturated carbocycles. The molecule has 11 heteroatoms. The van der Waals surface area contributed by atoms with E-state index in [1.54, 1.807) is 0 Å². The van der Waals surface area contributed by atoms with Crippen molar-refractivity contribution in [2.45, 2.75) is 0 Å². The number of phenolic OH excluding ortho intramolecular Hbond substituents is 1. The molecule has 0 radical (unpaired) electrons. The van der Waals surface area contributed by atoms with E-state index in [9.17, 15) is 10.1 Å². The van der Waals surface area contributed by atoms with Gasteiger partial charge in [-0.05, 0) is 6.07 Å². The molecule has 0 amide bonds. The van der Waals surface area contributed by atoms with Crippen molar-refractivity contribution in [3.63, 3.8) is 0 Å². The number of phosphoric acid groups is 1. The summed E-state index contributed by atoms with van der Waals surface area (Å²) in [7, 11) is -3.51. The van der Waals surface area contributed by atoms with Crippen molar-refractivity contribution in [1.82, 2.24) is 0 Å². The standard InChI is InChI=1S/C7H7NO4.Na.H3O4P/c1-12-7-3-2-5(8(10)11)4-6(7)9;;1-5(2,3)4/h2-4,9H,1H3;;(H3,1,2,3,4)/q;+1;/p-1. The van der Waals surface area contributed by atoms with Gasteiger partial charge >= 0.3 is 29.6 Å². The second-order valence-corrected chi connectivity index (χ2v) is 3.58. The van der Waals surface area contributed by atoms with Crippen LogP contribution in [0.5, 0.6) is 11.5 Å². The molecule has 0 aliphatic carbocycles. The van der Waals surface area contributed by atoms with Gasteiger partial charge in [0, 0.05) is 6.07 Å². The third-order valence-corrected chi connectivity index (χ3v) is 1.37. The molecule has 0 atom stereocenters. The molecule has 0 heterocycles. The summed E-state index contributed by atoms with van der Waals surface area (Å²) < 4.78 is 13.5. The van der Waals surface area contributed by atoms with Crippen molar-refractivity contribution in [3.05, 3.63) is 28.3 Å². The Morgan fingerprint density at radius 2 is 1.83 bits per heavy atom. The van der Waals surface area contributed by atoms with Crippen LogP contribution < -0.4 is 39.2 Å². The molecule has 1 aromatic carbocycles. The predicted molar refractivity (Wildman–Crippen MR) is 53.4 cm³/mol. The first-order valence-electron chi connectivity index (χ1n) is 3.93. The summed E-state index contributed by atoms with van der Waals surface area (Å²) in [6.45, 7) is 0. The Morgan fingerprint density at radius 3 is 2.11 bits per heavy atom. The molecule has 0 spiro atoms. The van der Waals surface area contributed by atoms with Crippen LogP contribution in [0.25, 0.3) is 0 Å². The van der Waals surface area contributed by atoms with Crippen molar-refractivity contribution in [1.29, 1.82) is 0 Å². The van der Waals surface area contributed by atoms with Crippen LogP contribution in [0.2, 0.25) is 0 Å². The van der Waals surface area contributed by atoms with Gasteiger partial charge in [-0.15, -0.1) is 0 Å². The minimum absolute atomic E-state index is 0. The molecular formula is C7H9NNaO8P. The van der Waals surface area contributed by atoms with E-state index >= 15 is 0 Å². The van der Waals surface area contributed by atoms with Gasteiger partial charge in [0.1, 0.15) is 0 Å². The van der Waals surface area contributed by atoms with Crippen LogP contribution in [0, 0.1) is 10.1 Å². The fourth-order valence-electron chi connectivity index (χ4n) is 0.792. The zero-order valence-electron chi connectivity index (χ0n) is 9.51. The molecule has 3 N–H and O–H groups in total. The fourth-order valence-corrected chi connectivity index (χ4v) is 0.792. The number of rotatable bonds is 2. The zero-order chi connectivity index (χ0) is 13.6. The number of benzene rings is 1. The average molecular weight is 289 g/mol. The monoisotopic (exact) mass is 289 g/mol. The van der Waals surface area contributed by atoms with Crippen LogP contribution >= 0.6 is 7.82 Å². The van der Waals surface area contributed by atoms with E-state index in [2.05, 4.69) is 0 Å². The Balaban J connectivity index is 0. The summed E-state index contributed by atoms with van der Waals surface area (Å²) in [4.78, 5) is 32.5. The maximum Gasteiger partial charge on any atom is 1.00 e. The third kappa shape index (κ3) is 9.37. The summed E-state index contributed by atoms with van der Waals surface area (Å²) in [5, 5.41) is 19.3. The van der Waals surface area contributed by atoms with Crippen LogP contribution in [0.4, 0.5) is 5.69 Å². The first-order chi connectivity index (χ1) is 7.65. The van der Waals surface area contributed by atoms with Gasteiger partial charge in [0.2, 0.25) is 0 Å². The minimum Gasteiger partial charge on any atom is -0.756 e. The molecule has 96 valence electrons. The summed E-state index contributed by atoms with van der Waals surface area (Å²) in [6.07, 6.45) is 0. The fraction of sp³-hybridized carbons (Fsp3) is 0.143. The van der Waals surface area contributed by atoms with E-state index in [0.29, 0.717) is 0 Å². The van der Waals surface area contributed by atoms with Crippen LogP contribution in [0.15, 0.2) is 18.2 Å².